The Balaban J connectivity index is 2.46. The van der Waals surface area contributed by atoms with E-state index < -0.39 is 0 Å². The molecule has 0 bridgehead atoms. The summed E-state index contributed by atoms with van der Waals surface area (Å²) in [7, 11) is 3.68. The van der Waals surface area contributed by atoms with Gasteiger partial charge in [-0.2, -0.15) is 0 Å². The average Bonchev–Trinajstić information content (AvgIpc) is 2.63. The van der Waals surface area contributed by atoms with Crippen molar-refractivity contribution < 1.29 is 9.52 Å². The highest BCUT2D eigenvalue weighted by molar-refractivity contribution is 5.21. The van der Waals surface area contributed by atoms with Crippen molar-refractivity contribution in [1.82, 2.24) is 15.5 Å². The summed E-state index contributed by atoms with van der Waals surface area (Å²) in [5.41, 5.74) is 0. The van der Waals surface area contributed by atoms with Crippen LogP contribution in [0.3, 0.4) is 0 Å². The van der Waals surface area contributed by atoms with Crippen LogP contribution < -0.4 is 10.2 Å². The van der Waals surface area contributed by atoms with Crippen LogP contribution in [0.5, 0.6) is 0 Å². The predicted octanol–water partition coefficient (Wildman–Crippen LogP) is -0.00390. The molecule has 1 rings (SSSR count). The standard InChI is InChI=1S/C9H18N4O2/c1-7(14)4-5-13(3)9-12-11-8(15-9)6-10-2/h7,10,14H,4-6H2,1-3H3. The van der Waals surface area contributed by atoms with E-state index in [1.54, 1.807) is 6.92 Å². The summed E-state index contributed by atoms with van der Waals surface area (Å²) < 4.78 is 5.38. The van der Waals surface area contributed by atoms with Gasteiger partial charge in [-0.15, -0.1) is 5.10 Å². The maximum Gasteiger partial charge on any atom is 0.317 e. The third-order valence-corrected chi connectivity index (χ3v) is 1.99. The first-order valence-corrected chi connectivity index (χ1v) is 4.99. The first kappa shape index (κ1) is 11.9. The number of aromatic nitrogens is 2. The molecular weight excluding hydrogens is 196 g/mol. The first-order valence-electron chi connectivity index (χ1n) is 4.99. The van der Waals surface area contributed by atoms with E-state index in [1.165, 1.54) is 0 Å². The average molecular weight is 214 g/mol. The van der Waals surface area contributed by atoms with Gasteiger partial charge in [-0.25, -0.2) is 0 Å². The lowest BCUT2D eigenvalue weighted by Gasteiger charge is -2.14. The number of aliphatic hydroxyl groups is 1. The summed E-state index contributed by atoms with van der Waals surface area (Å²) >= 11 is 0. The minimum Gasteiger partial charge on any atom is -0.407 e. The smallest absolute Gasteiger partial charge is 0.317 e. The number of nitrogens with zero attached hydrogens (tertiary/aromatic N) is 3. The number of hydrogen-bond acceptors (Lipinski definition) is 6. The van der Waals surface area contributed by atoms with Crippen LogP contribution in [0.4, 0.5) is 6.01 Å². The summed E-state index contributed by atoms with van der Waals surface area (Å²) in [6.07, 6.45) is 0.368. The molecule has 1 atom stereocenters. The van der Waals surface area contributed by atoms with Gasteiger partial charge >= 0.3 is 6.01 Å². The Morgan fingerprint density at radius 1 is 1.53 bits per heavy atom. The molecule has 0 amide bonds. The maximum atomic E-state index is 9.13. The molecule has 1 unspecified atom stereocenters. The molecule has 0 aliphatic carbocycles. The minimum atomic E-state index is -0.313. The Kier molecular flexibility index (Phi) is 4.51. The minimum absolute atomic E-state index is 0.313. The predicted molar refractivity (Wildman–Crippen MR) is 56.6 cm³/mol. The Bertz CT molecular complexity index is 287. The van der Waals surface area contributed by atoms with Gasteiger partial charge in [-0.05, 0) is 20.4 Å². The lowest BCUT2D eigenvalue weighted by atomic mass is 10.3. The summed E-state index contributed by atoms with van der Waals surface area (Å²) in [6, 6.07) is 0.487. The van der Waals surface area contributed by atoms with E-state index in [0.717, 1.165) is 0 Å². The van der Waals surface area contributed by atoms with E-state index in [-0.39, 0.29) is 6.10 Å². The van der Waals surface area contributed by atoms with Crippen molar-refractivity contribution in [3.05, 3.63) is 5.89 Å². The van der Waals surface area contributed by atoms with Crippen LogP contribution in [-0.4, -0.2) is 42.0 Å². The first-order chi connectivity index (χ1) is 7.13. The second-order valence-corrected chi connectivity index (χ2v) is 3.57. The van der Waals surface area contributed by atoms with Crippen molar-refractivity contribution in [3.8, 4) is 0 Å². The molecule has 0 radical (unpaired) electrons. The quantitative estimate of drug-likeness (QED) is 0.694. The molecule has 0 saturated carbocycles. The molecule has 86 valence electrons. The summed E-state index contributed by atoms with van der Waals surface area (Å²) in [5, 5.41) is 19.8. The van der Waals surface area contributed by atoms with Gasteiger partial charge in [0.25, 0.3) is 0 Å². The number of aliphatic hydroxyl groups excluding tert-OH is 1. The maximum absolute atomic E-state index is 9.13. The fourth-order valence-corrected chi connectivity index (χ4v) is 1.10. The lowest BCUT2D eigenvalue weighted by molar-refractivity contribution is 0.186. The van der Waals surface area contributed by atoms with Crippen LogP contribution in [0.25, 0.3) is 0 Å². The van der Waals surface area contributed by atoms with Gasteiger partial charge in [-0.1, -0.05) is 5.10 Å². The zero-order chi connectivity index (χ0) is 11.3. The highest BCUT2D eigenvalue weighted by Gasteiger charge is 2.10. The van der Waals surface area contributed by atoms with Gasteiger partial charge < -0.3 is 19.7 Å². The van der Waals surface area contributed by atoms with Gasteiger partial charge in [0.1, 0.15) is 0 Å². The zero-order valence-corrected chi connectivity index (χ0v) is 9.40. The second kappa shape index (κ2) is 5.67. The fraction of sp³-hybridized carbons (Fsp3) is 0.778. The molecule has 0 aliphatic rings. The van der Waals surface area contributed by atoms with Crippen LogP contribution in [0.2, 0.25) is 0 Å². The number of rotatable bonds is 6. The lowest BCUT2D eigenvalue weighted by Crippen LogP contribution is -2.22. The van der Waals surface area contributed by atoms with E-state index in [0.29, 0.717) is 31.4 Å². The second-order valence-electron chi connectivity index (χ2n) is 3.57. The molecule has 1 heterocycles. The van der Waals surface area contributed by atoms with Crippen LogP contribution in [-0.2, 0) is 6.54 Å². The monoisotopic (exact) mass is 214 g/mol. The van der Waals surface area contributed by atoms with Crippen molar-refractivity contribution in [3.63, 3.8) is 0 Å². The Morgan fingerprint density at radius 2 is 2.27 bits per heavy atom. The molecule has 6 heteroatoms. The molecule has 0 fully saturated rings. The summed E-state index contributed by atoms with van der Waals surface area (Å²) in [5.74, 6) is 0.566. The molecule has 0 aliphatic heterocycles. The van der Waals surface area contributed by atoms with Gasteiger partial charge in [0.05, 0.1) is 12.6 Å². The van der Waals surface area contributed by atoms with E-state index in [2.05, 4.69) is 15.5 Å². The van der Waals surface area contributed by atoms with Crippen LogP contribution in [0.1, 0.15) is 19.2 Å². The number of nitrogens with one attached hydrogen (secondary N) is 1. The van der Waals surface area contributed by atoms with E-state index >= 15 is 0 Å². The largest absolute Gasteiger partial charge is 0.407 e. The molecule has 1 aromatic rings. The van der Waals surface area contributed by atoms with Gasteiger partial charge in [0, 0.05) is 13.6 Å². The molecule has 0 spiro atoms. The summed E-state index contributed by atoms with van der Waals surface area (Å²) in [6.45, 7) is 3.02. The molecule has 0 aromatic carbocycles. The van der Waals surface area contributed by atoms with Crippen molar-refractivity contribution in [2.24, 2.45) is 0 Å². The molecule has 0 saturated heterocycles. The van der Waals surface area contributed by atoms with Gasteiger partial charge in [0.2, 0.25) is 5.89 Å². The number of hydrogen-bond donors (Lipinski definition) is 2. The molecule has 2 N–H and O–H groups in total. The van der Waals surface area contributed by atoms with Crippen molar-refractivity contribution in [2.45, 2.75) is 26.0 Å². The highest BCUT2D eigenvalue weighted by atomic mass is 16.4. The SMILES string of the molecule is CNCc1nnc(N(C)CCC(C)O)o1. The van der Waals surface area contributed by atoms with Crippen LogP contribution >= 0.6 is 0 Å². The normalized spacial score (nSPS) is 12.8. The van der Waals surface area contributed by atoms with Gasteiger partial charge in [0.15, 0.2) is 0 Å². The fourth-order valence-electron chi connectivity index (χ4n) is 1.10. The van der Waals surface area contributed by atoms with Crippen molar-refractivity contribution in [1.29, 1.82) is 0 Å². The molecular formula is C9H18N4O2. The van der Waals surface area contributed by atoms with E-state index in [4.69, 9.17) is 9.52 Å². The third kappa shape index (κ3) is 3.85. The Labute approximate surface area is 89.3 Å². The Hall–Kier alpha value is -1.14. The highest BCUT2D eigenvalue weighted by Crippen LogP contribution is 2.10. The molecule has 1 aromatic heterocycles. The van der Waals surface area contributed by atoms with E-state index in [9.17, 15) is 0 Å². The van der Waals surface area contributed by atoms with Gasteiger partial charge in [-0.3, -0.25) is 0 Å². The van der Waals surface area contributed by atoms with Crippen LogP contribution in [0.15, 0.2) is 4.42 Å². The van der Waals surface area contributed by atoms with Crippen molar-refractivity contribution in [2.75, 3.05) is 25.5 Å². The molecule has 15 heavy (non-hydrogen) atoms. The van der Waals surface area contributed by atoms with Crippen molar-refractivity contribution >= 4 is 6.01 Å². The number of anilines is 1. The topological polar surface area (TPSA) is 74.4 Å². The zero-order valence-electron chi connectivity index (χ0n) is 9.40. The van der Waals surface area contributed by atoms with Crippen LogP contribution in [0, 0.1) is 0 Å². The summed E-state index contributed by atoms with van der Waals surface area (Å²) in [4.78, 5) is 1.83. The Morgan fingerprint density at radius 3 is 2.87 bits per heavy atom. The molecule has 6 nitrogen and oxygen atoms in total. The third-order valence-electron chi connectivity index (χ3n) is 1.99. The van der Waals surface area contributed by atoms with E-state index in [1.807, 2.05) is 19.0 Å².